The molecule has 0 bridgehead atoms. The molecule has 1 amide bonds. The van der Waals surface area contributed by atoms with Crippen LogP contribution < -0.4 is 14.4 Å². The minimum absolute atomic E-state index is 0.0416. The Bertz CT molecular complexity index is 1550. The lowest BCUT2D eigenvalue weighted by atomic mass is 9.95. The van der Waals surface area contributed by atoms with E-state index >= 15 is 0 Å². The molecule has 0 aliphatic carbocycles. The fourth-order valence-corrected chi connectivity index (χ4v) is 5.03. The molecule has 0 radical (unpaired) electrons. The first-order chi connectivity index (χ1) is 17.7. The summed E-state index contributed by atoms with van der Waals surface area (Å²) in [5, 5.41) is 11.4. The Morgan fingerprint density at radius 2 is 1.70 bits per heavy atom. The first kappa shape index (κ1) is 24.6. The third-order valence-electron chi connectivity index (χ3n) is 6.61. The molecule has 0 spiro atoms. The number of aryl methyl sites for hydroxylation is 2. The number of fused-ring (bicyclic) bond motifs is 1. The number of carbonyl (C=O) groups excluding carboxylic acids is 2. The van der Waals surface area contributed by atoms with Crippen molar-refractivity contribution in [2.45, 2.75) is 19.9 Å². The van der Waals surface area contributed by atoms with Gasteiger partial charge in [-0.15, -0.1) is 0 Å². The summed E-state index contributed by atoms with van der Waals surface area (Å²) in [5.41, 5.74) is 4.48. The number of nitrogens with one attached hydrogen (secondary N) is 1. The van der Waals surface area contributed by atoms with Gasteiger partial charge >= 0.3 is 5.91 Å². The van der Waals surface area contributed by atoms with E-state index in [0.29, 0.717) is 32.6 Å². The summed E-state index contributed by atoms with van der Waals surface area (Å²) in [4.78, 5) is 36.0. The zero-order chi connectivity index (χ0) is 26.4. The summed E-state index contributed by atoms with van der Waals surface area (Å²) in [5.74, 6) is -0.489. The van der Waals surface area contributed by atoms with Gasteiger partial charge in [0.2, 0.25) is 5.95 Å². The number of aromatic nitrogens is 2. The van der Waals surface area contributed by atoms with Gasteiger partial charge in [0.1, 0.15) is 17.3 Å². The number of aliphatic hydroxyl groups is 1. The minimum Gasteiger partial charge on any atom is -0.507 e. The number of benzene rings is 3. The molecule has 4 aromatic rings. The van der Waals surface area contributed by atoms with Crippen molar-refractivity contribution in [1.29, 1.82) is 0 Å². The highest BCUT2D eigenvalue weighted by molar-refractivity contribution is 9.10. The van der Waals surface area contributed by atoms with Crippen LogP contribution in [0.1, 0.15) is 28.3 Å². The smallest absolute Gasteiger partial charge is 0.302 e. The molecular formula is C28H24BrN3O5. The lowest BCUT2D eigenvalue weighted by Crippen LogP contribution is -2.30. The van der Waals surface area contributed by atoms with Crippen molar-refractivity contribution >= 4 is 50.4 Å². The number of imidazole rings is 1. The van der Waals surface area contributed by atoms with Crippen LogP contribution in [0, 0.1) is 13.8 Å². The lowest BCUT2D eigenvalue weighted by Gasteiger charge is -2.23. The molecule has 188 valence electrons. The summed E-state index contributed by atoms with van der Waals surface area (Å²) < 4.78 is 11.2. The topological polar surface area (TPSA) is 105 Å². The molecule has 3 aromatic carbocycles. The number of anilines is 1. The molecule has 9 heteroatoms. The average molecular weight is 562 g/mol. The molecule has 1 aliphatic heterocycles. The van der Waals surface area contributed by atoms with Crippen LogP contribution in [0.2, 0.25) is 0 Å². The Morgan fingerprint density at radius 1 is 1.00 bits per heavy atom. The number of ether oxygens (including phenoxy) is 2. The highest BCUT2D eigenvalue weighted by atomic mass is 79.9. The monoisotopic (exact) mass is 561 g/mol. The van der Waals surface area contributed by atoms with Crippen LogP contribution in [0.5, 0.6) is 11.5 Å². The van der Waals surface area contributed by atoms with Gasteiger partial charge in [-0.05, 0) is 88.9 Å². The van der Waals surface area contributed by atoms with Gasteiger partial charge in [0, 0.05) is 5.56 Å². The first-order valence-corrected chi connectivity index (χ1v) is 12.3. The zero-order valence-electron chi connectivity index (χ0n) is 20.6. The minimum atomic E-state index is -0.922. The summed E-state index contributed by atoms with van der Waals surface area (Å²) in [6.07, 6.45) is 0. The molecule has 0 saturated carbocycles. The van der Waals surface area contributed by atoms with Crippen LogP contribution in [-0.4, -0.2) is 41.0 Å². The first-order valence-electron chi connectivity index (χ1n) is 11.5. The second-order valence-corrected chi connectivity index (χ2v) is 9.66. The molecule has 2 heterocycles. The Balaban J connectivity index is 1.72. The molecule has 1 aromatic heterocycles. The van der Waals surface area contributed by atoms with Crippen LogP contribution in [0.15, 0.2) is 64.6 Å². The van der Waals surface area contributed by atoms with E-state index in [1.54, 1.807) is 49.6 Å². The third kappa shape index (κ3) is 4.15. The standard InChI is InChI=1S/C28H24BrN3O5/c1-14-11-20-21(12-15(14)2)31-28(30-20)32-24(16-5-8-18(36-3)9-6-16)23(26(34)27(32)35)25(33)17-7-10-22(37-4)19(29)13-17/h5-13,24,33H,1-4H3,(H,30,31)/b25-23+. The molecular weight excluding hydrogens is 538 g/mol. The number of ketones is 1. The van der Waals surface area contributed by atoms with Crippen LogP contribution >= 0.6 is 15.9 Å². The van der Waals surface area contributed by atoms with Crippen LogP contribution in [0.25, 0.3) is 16.8 Å². The Kier molecular flexibility index (Phi) is 6.25. The zero-order valence-corrected chi connectivity index (χ0v) is 22.2. The Hall–Kier alpha value is -4.11. The molecule has 1 saturated heterocycles. The number of hydrogen-bond acceptors (Lipinski definition) is 6. The number of halogens is 1. The van der Waals surface area contributed by atoms with E-state index in [1.165, 1.54) is 12.0 Å². The number of Topliss-reactive ketones (excluding diaryl/α,β-unsaturated/α-hetero) is 1. The van der Waals surface area contributed by atoms with Gasteiger partial charge in [0.25, 0.3) is 5.78 Å². The van der Waals surface area contributed by atoms with E-state index in [2.05, 4.69) is 25.9 Å². The number of nitrogens with zero attached hydrogens (tertiary/aromatic N) is 2. The molecule has 1 atom stereocenters. The molecule has 37 heavy (non-hydrogen) atoms. The maximum Gasteiger partial charge on any atom is 0.302 e. The molecule has 8 nitrogen and oxygen atoms in total. The number of H-pyrrole nitrogens is 1. The van der Waals surface area contributed by atoms with Gasteiger partial charge in [0.15, 0.2) is 0 Å². The predicted molar refractivity (Wildman–Crippen MR) is 144 cm³/mol. The van der Waals surface area contributed by atoms with Gasteiger partial charge in [-0.25, -0.2) is 4.98 Å². The van der Waals surface area contributed by atoms with Crippen molar-refractivity contribution in [1.82, 2.24) is 9.97 Å². The molecule has 1 aliphatic rings. The molecule has 2 N–H and O–H groups in total. The molecule has 1 unspecified atom stereocenters. The van der Waals surface area contributed by atoms with E-state index in [-0.39, 0.29) is 17.3 Å². The number of carbonyl (C=O) groups is 2. The maximum absolute atomic E-state index is 13.5. The van der Waals surface area contributed by atoms with Gasteiger partial charge in [-0.2, -0.15) is 0 Å². The SMILES string of the molecule is COc1ccc(C2/C(=C(\O)c3ccc(OC)c(Br)c3)C(=O)C(=O)N2c2nc3cc(C)c(C)cc3[nH]2)cc1. The Labute approximate surface area is 221 Å². The van der Waals surface area contributed by atoms with E-state index in [9.17, 15) is 14.7 Å². The highest BCUT2D eigenvalue weighted by Crippen LogP contribution is 2.42. The molecule has 5 rings (SSSR count). The van der Waals surface area contributed by atoms with Crippen molar-refractivity contribution in [3.63, 3.8) is 0 Å². The summed E-state index contributed by atoms with van der Waals surface area (Å²) in [6, 6.07) is 14.9. The van der Waals surface area contributed by atoms with E-state index in [0.717, 1.165) is 16.6 Å². The van der Waals surface area contributed by atoms with Crippen LogP contribution in [-0.2, 0) is 9.59 Å². The van der Waals surface area contributed by atoms with Crippen molar-refractivity contribution in [2.24, 2.45) is 0 Å². The lowest BCUT2D eigenvalue weighted by molar-refractivity contribution is -0.132. The van der Waals surface area contributed by atoms with Gasteiger partial charge < -0.3 is 19.6 Å². The van der Waals surface area contributed by atoms with Gasteiger partial charge in [-0.1, -0.05) is 12.1 Å². The molecule has 1 fully saturated rings. The predicted octanol–water partition coefficient (Wildman–Crippen LogP) is 5.59. The fraction of sp³-hybridized carbons (Fsp3) is 0.179. The summed E-state index contributed by atoms with van der Waals surface area (Å²) in [7, 11) is 3.09. The van der Waals surface area contributed by atoms with E-state index in [4.69, 9.17) is 9.47 Å². The van der Waals surface area contributed by atoms with Gasteiger partial charge in [-0.3, -0.25) is 14.5 Å². The van der Waals surface area contributed by atoms with Crippen LogP contribution in [0.3, 0.4) is 0 Å². The van der Waals surface area contributed by atoms with E-state index < -0.39 is 17.7 Å². The highest BCUT2D eigenvalue weighted by Gasteiger charge is 2.48. The number of aliphatic hydroxyl groups excluding tert-OH is 1. The average Bonchev–Trinajstić information content (AvgIpc) is 3.41. The fourth-order valence-electron chi connectivity index (χ4n) is 4.49. The summed E-state index contributed by atoms with van der Waals surface area (Å²) in [6.45, 7) is 3.98. The van der Waals surface area contributed by atoms with Crippen LogP contribution in [0.4, 0.5) is 5.95 Å². The quantitative estimate of drug-likeness (QED) is 0.187. The second-order valence-electron chi connectivity index (χ2n) is 8.81. The normalized spacial score (nSPS) is 17.0. The number of methoxy groups -OCH3 is 2. The number of hydrogen-bond donors (Lipinski definition) is 2. The number of aromatic amines is 1. The van der Waals surface area contributed by atoms with Crippen molar-refractivity contribution < 1.29 is 24.2 Å². The second kappa shape index (κ2) is 9.40. The van der Waals surface area contributed by atoms with E-state index in [1.807, 2.05) is 26.0 Å². The summed E-state index contributed by atoms with van der Waals surface area (Å²) >= 11 is 3.42. The van der Waals surface area contributed by atoms with Crippen molar-refractivity contribution in [2.75, 3.05) is 19.1 Å². The Morgan fingerprint density at radius 3 is 2.35 bits per heavy atom. The van der Waals surface area contributed by atoms with Crippen molar-refractivity contribution in [3.05, 3.63) is 86.9 Å². The van der Waals surface area contributed by atoms with Crippen molar-refractivity contribution in [3.8, 4) is 11.5 Å². The maximum atomic E-state index is 13.5. The number of rotatable bonds is 5. The largest absolute Gasteiger partial charge is 0.507 e. The number of amides is 1. The third-order valence-corrected chi connectivity index (χ3v) is 7.23. The van der Waals surface area contributed by atoms with Gasteiger partial charge in [0.05, 0.1) is 41.3 Å².